The topological polar surface area (TPSA) is 105 Å². The van der Waals surface area contributed by atoms with E-state index in [0.29, 0.717) is 5.75 Å². The van der Waals surface area contributed by atoms with Crippen LogP contribution >= 0.6 is 15.9 Å². The third-order valence-corrected chi connectivity index (χ3v) is 6.85. The normalized spacial score (nSPS) is 12.1. The molecule has 0 bridgehead atoms. The first-order valence-electron chi connectivity index (χ1n) is 10.9. The number of nitrogens with one attached hydrogen (secondary N) is 1. The van der Waals surface area contributed by atoms with Gasteiger partial charge in [0.1, 0.15) is 24.1 Å². The number of nitrogens with zero attached hydrogens (tertiary/aromatic N) is 2. The fraction of sp³-hybridized carbons (Fsp3) is 0.417. The molecule has 2 rings (SSSR count). The largest absolute Gasteiger partial charge is 0.497 e. The molecule has 0 aliphatic heterocycles. The van der Waals surface area contributed by atoms with Crippen LogP contribution in [0.5, 0.6) is 11.5 Å². The van der Waals surface area contributed by atoms with Gasteiger partial charge in [-0.25, -0.2) is 8.42 Å². The summed E-state index contributed by atoms with van der Waals surface area (Å²) in [6.07, 6.45) is 1.01. The molecule has 0 spiro atoms. The van der Waals surface area contributed by atoms with Gasteiger partial charge in [-0.15, -0.1) is 0 Å². The predicted molar refractivity (Wildman–Crippen MR) is 139 cm³/mol. The molecular formula is C24H32BrN3O6S. The van der Waals surface area contributed by atoms with Gasteiger partial charge in [0.15, 0.2) is 0 Å². The van der Waals surface area contributed by atoms with E-state index in [-0.39, 0.29) is 29.9 Å². The number of anilines is 1. The van der Waals surface area contributed by atoms with Gasteiger partial charge in [0.05, 0.1) is 26.2 Å². The van der Waals surface area contributed by atoms with Crippen molar-refractivity contribution >= 4 is 43.5 Å². The molecule has 192 valence electrons. The number of hydrogen-bond donors (Lipinski definition) is 1. The number of carbonyl (C=O) groups excluding carboxylic acids is 2. The zero-order valence-electron chi connectivity index (χ0n) is 20.7. The lowest BCUT2D eigenvalue weighted by atomic mass is 10.1. The number of rotatable bonds is 11. The van der Waals surface area contributed by atoms with Crippen LogP contribution in [0.2, 0.25) is 0 Å². The van der Waals surface area contributed by atoms with E-state index in [1.54, 1.807) is 19.1 Å². The van der Waals surface area contributed by atoms with Crippen molar-refractivity contribution in [1.29, 1.82) is 0 Å². The second-order valence-corrected chi connectivity index (χ2v) is 11.1. The van der Waals surface area contributed by atoms with Gasteiger partial charge in [-0.2, -0.15) is 0 Å². The smallest absolute Gasteiger partial charge is 0.244 e. The maximum atomic E-state index is 13.6. The van der Waals surface area contributed by atoms with Crippen LogP contribution in [0.3, 0.4) is 0 Å². The average Bonchev–Trinajstić information content (AvgIpc) is 2.79. The second-order valence-electron chi connectivity index (χ2n) is 8.29. The van der Waals surface area contributed by atoms with Crippen LogP contribution < -0.4 is 19.1 Å². The minimum absolute atomic E-state index is 0.117. The molecule has 0 fully saturated rings. The third-order valence-electron chi connectivity index (χ3n) is 5.20. The quantitative estimate of drug-likeness (QED) is 0.445. The Morgan fingerprint density at radius 1 is 1.03 bits per heavy atom. The second kappa shape index (κ2) is 12.3. The van der Waals surface area contributed by atoms with Crippen molar-refractivity contribution in [2.24, 2.45) is 0 Å². The molecule has 2 amide bonds. The highest BCUT2D eigenvalue weighted by Crippen LogP contribution is 2.34. The third kappa shape index (κ3) is 7.86. The molecule has 35 heavy (non-hydrogen) atoms. The van der Waals surface area contributed by atoms with Crippen molar-refractivity contribution in [3.8, 4) is 11.5 Å². The lowest BCUT2D eigenvalue weighted by Crippen LogP contribution is -2.52. The van der Waals surface area contributed by atoms with Gasteiger partial charge in [-0.3, -0.25) is 13.9 Å². The van der Waals surface area contributed by atoms with E-state index in [1.165, 1.54) is 25.2 Å². The van der Waals surface area contributed by atoms with Crippen LogP contribution in [-0.2, 0) is 26.2 Å². The van der Waals surface area contributed by atoms with Gasteiger partial charge >= 0.3 is 0 Å². The van der Waals surface area contributed by atoms with Crippen molar-refractivity contribution < 1.29 is 27.5 Å². The molecule has 11 heteroatoms. The SMILES string of the molecule is COc1ccc(OC)c(N(CC(=O)N(Cc2ccc(Br)cc2)[C@H](C)C(=O)NC(C)C)S(C)(=O)=O)c1. The van der Waals surface area contributed by atoms with Crippen molar-refractivity contribution in [3.63, 3.8) is 0 Å². The van der Waals surface area contributed by atoms with E-state index in [1.807, 2.05) is 38.1 Å². The number of halogens is 1. The molecule has 1 N–H and O–H groups in total. The Bertz CT molecular complexity index is 1140. The summed E-state index contributed by atoms with van der Waals surface area (Å²) in [4.78, 5) is 27.8. The Morgan fingerprint density at radius 2 is 1.66 bits per heavy atom. The number of hydrogen-bond acceptors (Lipinski definition) is 6. The molecule has 9 nitrogen and oxygen atoms in total. The zero-order chi connectivity index (χ0) is 26.3. The fourth-order valence-electron chi connectivity index (χ4n) is 3.36. The van der Waals surface area contributed by atoms with Gasteiger partial charge in [-0.05, 0) is 50.6 Å². The van der Waals surface area contributed by atoms with Gasteiger partial charge in [-0.1, -0.05) is 28.1 Å². The fourth-order valence-corrected chi connectivity index (χ4v) is 4.47. The number of ether oxygens (including phenoxy) is 2. The summed E-state index contributed by atoms with van der Waals surface area (Å²) in [6, 6.07) is 11.0. The van der Waals surface area contributed by atoms with Crippen LogP contribution in [0.4, 0.5) is 5.69 Å². The number of amides is 2. The van der Waals surface area contributed by atoms with E-state index in [9.17, 15) is 18.0 Å². The predicted octanol–water partition coefficient (Wildman–Crippen LogP) is 3.17. The Morgan fingerprint density at radius 3 is 2.17 bits per heavy atom. The Balaban J connectivity index is 2.47. The molecule has 0 heterocycles. The Kier molecular flexibility index (Phi) is 9.96. The number of sulfonamides is 1. The molecule has 2 aromatic carbocycles. The Hall–Kier alpha value is -2.79. The molecular weight excluding hydrogens is 538 g/mol. The van der Waals surface area contributed by atoms with Crippen LogP contribution in [0, 0.1) is 0 Å². The summed E-state index contributed by atoms with van der Waals surface area (Å²) in [5.74, 6) is -0.225. The minimum Gasteiger partial charge on any atom is -0.497 e. The monoisotopic (exact) mass is 569 g/mol. The highest BCUT2D eigenvalue weighted by Gasteiger charge is 2.31. The number of carbonyl (C=O) groups is 2. The summed E-state index contributed by atoms with van der Waals surface area (Å²) in [7, 11) is -1.04. The van der Waals surface area contributed by atoms with Crippen LogP contribution in [0.1, 0.15) is 26.3 Å². The summed E-state index contributed by atoms with van der Waals surface area (Å²) in [5, 5.41) is 2.81. The standard InChI is InChI=1S/C24H32BrN3O6S/c1-16(2)26-24(30)17(3)27(14-18-7-9-19(25)10-8-18)23(29)15-28(35(6,31)32)21-13-20(33-4)11-12-22(21)34-5/h7-13,16-17H,14-15H2,1-6H3,(H,26,30)/t17-/m1/s1. The zero-order valence-corrected chi connectivity index (χ0v) is 23.1. The van der Waals surface area contributed by atoms with E-state index in [0.717, 1.165) is 20.6 Å². The molecule has 0 saturated carbocycles. The van der Waals surface area contributed by atoms with Gasteiger partial charge < -0.3 is 19.7 Å². The maximum Gasteiger partial charge on any atom is 0.244 e. The van der Waals surface area contributed by atoms with Crippen LogP contribution in [0.25, 0.3) is 0 Å². The average molecular weight is 571 g/mol. The Labute approximate surface area is 215 Å². The van der Waals surface area contributed by atoms with Crippen molar-refractivity contribution in [2.75, 3.05) is 31.3 Å². The molecule has 1 atom stereocenters. The van der Waals surface area contributed by atoms with Crippen molar-refractivity contribution in [2.45, 2.75) is 39.4 Å². The number of methoxy groups -OCH3 is 2. The minimum atomic E-state index is -3.90. The van der Waals surface area contributed by atoms with Crippen LogP contribution in [-0.4, -0.2) is 64.2 Å². The summed E-state index contributed by atoms with van der Waals surface area (Å²) in [6.45, 7) is 4.85. The first-order valence-corrected chi connectivity index (χ1v) is 13.6. The molecule has 0 unspecified atom stereocenters. The van der Waals surface area contributed by atoms with E-state index in [4.69, 9.17) is 9.47 Å². The first kappa shape index (κ1) is 28.4. The highest BCUT2D eigenvalue weighted by atomic mass is 79.9. The van der Waals surface area contributed by atoms with E-state index in [2.05, 4.69) is 21.2 Å². The van der Waals surface area contributed by atoms with Gasteiger partial charge in [0, 0.05) is 23.1 Å². The summed E-state index contributed by atoms with van der Waals surface area (Å²) >= 11 is 3.39. The summed E-state index contributed by atoms with van der Waals surface area (Å²) < 4.78 is 38.0. The molecule has 0 radical (unpaired) electrons. The van der Waals surface area contributed by atoms with E-state index < -0.39 is 28.5 Å². The maximum absolute atomic E-state index is 13.6. The van der Waals surface area contributed by atoms with Gasteiger partial charge in [0.2, 0.25) is 21.8 Å². The highest BCUT2D eigenvalue weighted by molar-refractivity contribution is 9.10. The lowest BCUT2D eigenvalue weighted by Gasteiger charge is -2.32. The molecule has 0 aliphatic rings. The lowest BCUT2D eigenvalue weighted by molar-refractivity contribution is -0.139. The summed E-state index contributed by atoms with van der Waals surface area (Å²) in [5.41, 5.74) is 0.946. The van der Waals surface area contributed by atoms with Crippen molar-refractivity contribution in [1.82, 2.24) is 10.2 Å². The van der Waals surface area contributed by atoms with Crippen molar-refractivity contribution in [3.05, 3.63) is 52.5 Å². The molecule has 0 aliphatic carbocycles. The molecule has 2 aromatic rings. The van der Waals surface area contributed by atoms with Crippen LogP contribution in [0.15, 0.2) is 46.9 Å². The van der Waals surface area contributed by atoms with Gasteiger partial charge in [0.25, 0.3) is 0 Å². The van der Waals surface area contributed by atoms with E-state index >= 15 is 0 Å². The number of benzene rings is 2. The molecule has 0 aromatic heterocycles. The first-order chi connectivity index (χ1) is 16.4. The molecule has 0 saturated heterocycles.